The zero-order valence-electron chi connectivity index (χ0n) is 22.8. The summed E-state index contributed by atoms with van der Waals surface area (Å²) in [5.74, 6) is 0.00813. The standard InChI is InChI=1S/C32H33BN2O4/c1-31(2)32(3,4)39-33(38-31)23(17-21-13-14-22-15-16-34-29(22)18-21)19-35-30(36)37-20-28-26-11-7-5-9-24(26)25-10-6-8-12-27(25)28/h5-18,28,34H,19-20H2,1-4H3,(H,35,36). The topological polar surface area (TPSA) is 72.6 Å². The van der Waals surface area contributed by atoms with Crippen LogP contribution >= 0.6 is 0 Å². The van der Waals surface area contributed by atoms with Gasteiger partial charge in [-0.15, -0.1) is 0 Å². The summed E-state index contributed by atoms with van der Waals surface area (Å²) in [5, 5.41) is 4.08. The number of fused-ring (bicyclic) bond motifs is 4. The van der Waals surface area contributed by atoms with E-state index in [1.807, 2.05) is 70.3 Å². The van der Waals surface area contributed by atoms with Gasteiger partial charge in [-0.2, -0.15) is 0 Å². The third kappa shape index (κ3) is 4.77. The van der Waals surface area contributed by atoms with Crippen LogP contribution in [0, 0.1) is 0 Å². The van der Waals surface area contributed by atoms with Gasteiger partial charge >= 0.3 is 13.2 Å². The molecule has 0 radical (unpaired) electrons. The number of rotatable bonds is 6. The number of amides is 1. The second-order valence-electron chi connectivity index (χ2n) is 11.3. The van der Waals surface area contributed by atoms with Crippen LogP contribution in [-0.4, -0.2) is 42.5 Å². The molecule has 3 aromatic carbocycles. The molecule has 2 aliphatic rings. The fourth-order valence-corrected chi connectivity index (χ4v) is 5.39. The quantitative estimate of drug-likeness (QED) is 0.277. The van der Waals surface area contributed by atoms with Gasteiger partial charge in [-0.3, -0.25) is 0 Å². The molecule has 1 amide bonds. The minimum absolute atomic E-state index is 0.00813. The highest BCUT2D eigenvalue weighted by molar-refractivity contribution is 6.56. The molecular weight excluding hydrogens is 487 g/mol. The van der Waals surface area contributed by atoms with Crippen LogP contribution in [0.4, 0.5) is 4.79 Å². The van der Waals surface area contributed by atoms with Gasteiger partial charge in [0.15, 0.2) is 0 Å². The fourth-order valence-electron chi connectivity index (χ4n) is 5.39. The zero-order valence-corrected chi connectivity index (χ0v) is 22.8. The summed E-state index contributed by atoms with van der Waals surface area (Å²) in [6, 6.07) is 24.9. The second-order valence-corrected chi connectivity index (χ2v) is 11.3. The molecular formula is C32H33BN2O4. The first-order chi connectivity index (χ1) is 18.7. The Balaban J connectivity index is 1.18. The summed E-state index contributed by atoms with van der Waals surface area (Å²) in [5.41, 5.74) is 6.62. The van der Waals surface area contributed by atoms with Crippen LogP contribution in [0.15, 0.2) is 84.5 Å². The molecule has 0 atom stereocenters. The van der Waals surface area contributed by atoms with Crippen molar-refractivity contribution in [3.8, 4) is 11.1 Å². The minimum atomic E-state index is -0.594. The van der Waals surface area contributed by atoms with Gasteiger partial charge in [0.05, 0.1) is 11.2 Å². The first-order valence-electron chi connectivity index (χ1n) is 13.4. The van der Waals surface area contributed by atoms with Gasteiger partial charge in [0.2, 0.25) is 0 Å². The van der Waals surface area contributed by atoms with E-state index in [2.05, 4.69) is 52.8 Å². The molecule has 6 rings (SSSR count). The highest BCUT2D eigenvalue weighted by atomic mass is 16.7. The molecule has 1 aliphatic carbocycles. The number of benzene rings is 3. The van der Waals surface area contributed by atoms with E-state index in [4.69, 9.17) is 14.0 Å². The first-order valence-corrected chi connectivity index (χ1v) is 13.4. The Morgan fingerprint density at radius 1 is 0.949 bits per heavy atom. The van der Waals surface area contributed by atoms with E-state index in [0.717, 1.165) is 21.9 Å². The third-order valence-electron chi connectivity index (χ3n) is 8.27. The van der Waals surface area contributed by atoms with Crippen molar-refractivity contribution >= 4 is 30.2 Å². The largest absolute Gasteiger partial charge is 0.492 e. The number of ether oxygens (including phenoxy) is 1. The lowest BCUT2D eigenvalue weighted by Gasteiger charge is -2.32. The molecule has 0 saturated carbocycles. The number of alkyl carbamates (subject to hydrolysis) is 1. The van der Waals surface area contributed by atoms with Crippen LogP contribution < -0.4 is 5.32 Å². The van der Waals surface area contributed by atoms with E-state index >= 15 is 0 Å². The molecule has 1 saturated heterocycles. The van der Waals surface area contributed by atoms with Crippen LogP contribution in [0.1, 0.15) is 50.3 Å². The van der Waals surface area contributed by atoms with Crippen molar-refractivity contribution in [3.63, 3.8) is 0 Å². The molecule has 0 bridgehead atoms. The molecule has 2 heterocycles. The van der Waals surface area contributed by atoms with Crippen molar-refractivity contribution < 1.29 is 18.8 Å². The number of hydrogen-bond acceptors (Lipinski definition) is 4. The molecule has 0 spiro atoms. The Morgan fingerprint density at radius 3 is 2.26 bits per heavy atom. The van der Waals surface area contributed by atoms with Crippen molar-refractivity contribution in [2.75, 3.05) is 13.2 Å². The van der Waals surface area contributed by atoms with Gasteiger partial charge < -0.3 is 24.3 Å². The van der Waals surface area contributed by atoms with Crippen LogP contribution in [0.3, 0.4) is 0 Å². The number of nitrogens with one attached hydrogen (secondary N) is 2. The molecule has 1 aromatic heterocycles. The number of aromatic amines is 1. The molecule has 4 aromatic rings. The Morgan fingerprint density at radius 2 is 1.59 bits per heavy atom. The van der Waals surface area contributed by atoms with Crippen molar-refractivity contribution in [2.24, 2.45) is 0 Å². The summed E-state index contributed by atoms with van der Waals surface area (Å²) in [7, 11) is -0.594. The number of aromatic nitrogens is 1. The van der Waals surface area contributed by atoms with Gasteiger partial charge in [-0.25, -0.2) is 4.79 Å². The summed E-state index contributed by atoms with van der Waals surface area (Å²) >= 11 is 0. The van der Waals surface area contributed by atoms with E-state index in [1.54, 1.807) is 0 Å². The summed E-state index contributed by atoms with van der Waals surface area (Å²) in [6.45, 7) is 8.58. The fraction of sp³-hybridized carbons (Fsp3) is 0.281. The first kappa shape index (κ1) is 25.5. The van der Waals surface area contributed by atoms with Crippen LogP contribution in [0.2, 0.25) is 0 Å². The molecule has 1 fully saturated rings. The van der Waals surface area contributed by atoms with E-state index in [-0.39, 0.29) is 19.1 Å². The lowest BCUT2D eigenvalue weighted by Crippen LogP contribution is -2.41. The van der Waals surface area contributed by atoms with Crippen molar-refractivity contribution in [1.29, 1.82) is 0 Å². The second kappa shape index (κ2) is 9.74. The van der Waals surface area contributed by atoms with Crippen LogP contribution in [0.25, 0.3) is 28.1 Å². The zero-order chi connectivity index (χ0) is 27.2. The normalized spacial score (nSPS) is 17.7. The molecule has 0 unspecified atom stereocenters. The van der Waals surface area contributed by atoms with E-state index < -0.39 is 24.4 Å². The maximum Gasteiger partial charge on any atom is 0.492 e. The Labute approximate surface area is 229 Å². The Bertz CT molecular complexity index is 1510. The SMILES string of the molecule is CC1(C)OB(C(=Cc2ccc3cc[nH]c3c2)CNC(=O)OCC2c3ccccc3-c3ccccc32)OC1(C)C. The number of carbonyl (C=O) groups excluding carboxylic acids is 1. The highest BCUT2D eigenvalue weighted by Gasteiger charge is 2.52. The van der Waals surface area contributed by atoms with Crippen molar-refractivity contribution in [3.05, 3.63) is 101 Å². The maximum atomic E-state index is 12.9. The minimum Gasteiger partial charge on any atom is -0.449 e. The molecule has 198 valence electrons. The molecule has 2 N–H and O–H groups in total. The Kier molecular flexibility index (Phi) is 6.36. The number of carbonyl (C=O) groups is 1. The van der Waals surface area contributed by atoms with Gasteiger partial charge in [-0.1, -0.05) is 66.7 Å². The highest BCUT2D eigenvalue weighted by Crippen LogP contribution is 2.44. The molecule has 6 nitrogen and oxygen atoms in total. The predicted molar refractivity (Wildman–Crippen MR) is 155 cm³/mol. The molecule has 7 heteroatoms. The van der Waals surface area contributed by atoms with Crippen molar-refractivity contribution in [1.82, 2.24) is 10.3 Å². The third-order valence-corrected chi connectivity index (χ3v) is 8.27. The van der Waals surface area contributed by atoms with Crippen molar-refractivity contribution in [2.45, 2.75) is 44.8 Å². The average Bonchev–Trinajstić information content (AvgIpc) is 3.57. The van der Waals surface area contributed by atoms with E-state index in [1.165, 1.54) is 22.3 Å². The smallest absolute Gasteiger partial charge is 0.449 e. The summed E-state index contributed by atoms with van der Waals surface area (Å²) in [6.07, 6.45) is 3.47. The predicted octanol–water partition coefficient (Wildman–Crippen LogP) is 6.72. The number of hydrogen-bond donors (Lipinski definition) is 2. The average molecular weight is 520 g/mol. The molecule has 39 heavy (non-hydrogen) atoms. The van der Waals surface area contributed by atoms with E-state index in [0.29, 0.717) is 0 Å². The summed E-state index contributed by atoms with van der Waals surface area (Å²) in [4.78, 5) is 16.2. The number of H-pyrrole nitrogens is 1. The monoisotopic (exact) mass is 520 g/mol. The van der Waals surface area contributed by atoms with Gasteiger partial charge in [-0.05, 0) is 78.5 Å². The summed E-state index contributed by atoms with van der Waals surface area (Å²) < 4.78 is 18.4. The van der Waals surface area contributed by atoms with Gasteiger partial charge in [0.25, 0.3) is 0 Å². The molecule has 1 aliphatic heterocycles. The Hall–Kier alpha value is -3.81. The van der Waals surface area contributed by atoms with Crippen LogP contribution in [0.5, 0.6) is 0 Å². The lowest BCUT2D eigenvalue weighted by atomic mass is 9.77. The van der Waals surface area contributed by atoms with E-state index in [9.17, 15) is 4.79 Å². The van der Waals surface area contributed by atoms with Crippen LogP contribution in [-0.2, 0) is 14.0 Å². The van der Waals surface area contributed by atoms with Gasteiger partial charge in [0.1, 0.15) is 6.61 Å². The maximum absolute atomic E-state index is 12.9. The van der Waals surface area contributed by atoms with Gasteiger partial charge in [0, 0.05) is 24.2 Å². The lowest BCUT2D eigenvalue weighted by molar-refractivity contribution is 0.00578.